The molecular weight excluding hydrogens is 380 g/mol. The van der Waals surface area contributed by atoms with Gasteiger partial charge in [-0.1, -0.05) is 26.0 Å². The summed E-state index contributed by atoms with van der Waals surface area (Å²) in [7, 11) is -2.01. The van der Waals surface area contributed by atoms with Gasteiger partial charge in [0.15, 0.2) is 6.61 Å². The third kappa shape index (κ3) is 5.02. The molecule has 0 aliphatic rings. The Bertz CT molecular complexity index is 924. The van der Waals surface area contributed by atoms with Crippen molar-refractivity contribution in [3.63, 3.8) is 0 Å². The van der Waals surface area contributed by atoms with E-state index in [0.717, 1.165) is 0 Å². The third-order valence-electron chi connectivity index (χ3n) is 4.23. The molecule has 0 spiro atoms. The molecule has 152 valence electrons. The molecule has 0 aliphatic carbocycles. The normalized spacial score (nSPS) is 11.3. The summed E-state index contributed by atoms with van der Waals surface area (Å²) in [5.41, 5.74) is 1.19. The van der Waals surface area contributed by atoms with E-state index in [4.69, 9.17) is 9.47 Å². The second-order valence-corrected chi connectivity index (χ2v) is 7.99. The molecule has 2 rings (SSSR count). The molecule has 0 saturated carbocycles. The number of carbonyl (C=O) groups excluding carboxylic acids is 1. The van der Waals surface area contributed by atoms with Crippen LogP contribution in [0.3, 0.4) is 0 Å². The molecule has 0 saturated heterocycles. The van der Waals surface area contributed by atoms with Gasteiger partial charge in [-0.15, -0.1) is 0 Å². The maximum Gasteiger partial charge on any atom is 0.262 e. The first-order chi connectivity index (χ1) is 13.3. The molecule has 0 heterocycles. The maximum atomic E-state index is 12.6. The zero-order chi connectivity index (χ0) is 20.7. The summed E-state index contributed by atoms with van der Waals surface area (Å²) in [4.78, 5) is 12.4. The Morgan fingerprint density at radius 3 is 2.36 bits per heavy atom. The van der Waals surface area contributed by atoms with Crippen molar-refractivity contribution < 1.29 is 22.7 Å². The Morgan fingerprint density at radius 1 is 1.07 bits per heavy atom. The summed E-state index contributed by atoms with van der Waals surface area (Å²) in [6.45, 7) is 5.94. The summed E-state index contributed by atoms with van der Waals surface area (Å²) in [5.74, 6) is 0.662. The maximum absolute atomic E-state index is 12.6. The van der Waals surface area contributed by atoms with E-state index in [-0.39, 0.29) is 17.4 Å². The lowest BCUT2D eigenvalue weighted by Gasteiger charge is -2.19. The largest absolute Gasteiger partial charge is 0.495 e. The molecule has 8 heteroatoms. The zero-order valence-corrected chi connectivity index (χ0v) is 17.4. The van der Waals surface area contributed by atoms with Crippen LogP contribution in [0.4, 0.5) is 5.69 Å². The van der Waals surface area contributed by atoms with Crippen LogP contribution >= 0.6 is 0 Å². The first-order valence-corrected chi connectivity index (χ1v) is 10.4. The van der Waals surface area contributed by atoms with Crippen molar-refractivity contribution >= 4 is 21.6 Å². The van der Waals surface area contributed by atoms with Crippen molar-refractivity contribution in [2.24, 2.45) is 0 Å². The Kier molecular flexibility index (Phi) is 7.42. The lowest BCUT2D eigenvalue weighted by Crippen LogP contribution is -2.30. The van der Waals surface area contributed by atoms with Gasteiger partial charge in [-0.3, -0.25) is 4.79 Å². The number of para-hydroxylation sites is 2. The van der Waals surface area contributed by atoms with Crippen molar-refractivity contribution in [3.05, 3.63) is 48.0 Å². The van der Waals surface area contributed by atoms with Crippen LogP contribution in [0.15, 0.2) is 47.4 Å². The predicted molar refractivity (Wildman–Crippen MR) is 108 cm³/mol. The summed E-state index contributed by atoms with van der Waals surface area (Å²) in [5, 5.41) is 2.73. The summed E-state index contributed by atoms with van der Waals surface area (Å²) in [6.07, 6.45) is 0. The molecule has 1 amide bonds. The lowest BCUT2D eigenvalue weighted by atomic mass is 10.2. The molecule has 0 radical (unpaired) electrons. The van der Waals surface area contributed by atoms with E-state index in [1.165, 1.54) is 17.5 Å². The van der Waals surface area contributed by atoms with E-state index in [1.54, 1.807) is 51.1 Å². The van der Waals surface area contributed by atoms with Crippen molar-refractivity contribution in [2.45, 2.75) is 25.7 Å². The van der Waals surface area contributed by atoms with E-state index in [0.29, 0.717) is 35.8 Å². The number of hydrogen-bond donors (Lipinski definition) is 1. The molecule has 0 aliphatic heterocycles. The highest BCUT2D eigenvalue weighted by Crippen LogP contribution is 2.25. The van der Waals surface area contributed by atoms with Crippen LogP contribution < -0.4 is 14.8 Å². The van der Waals surface area contributed by atoms with Crippen LogP contribution in [-0.4, -0.2) is 45.4 Å². The minimum Gasteiger partial charge on any atom is -0.495 e. The van der Waals surface area contributed by atoms with Gasteiger partial charge in [-0.2, -0.15) is 4.31 Å². The molecule has 0 bridgehead atoms. The molecule has 0 aromatic heterocycles. The fraction of sp³-hybridized carbons (Fsp3) is 0.350. The Hall–Kier alpha value is -2.58. The van der Waals surface area contributed by atoms with Crippen LogP contribution in [0.25, 0.3) is 0 Å². The number of carbonyl (C=O) groups is 1. The quantitative estimate of drug-likeness (QED) is 0.692. The van der Waals surface area contributed by atoms with Crippen molar-refractivity contribution in [3.8, 4) is 11.5 Å². The number of aryl methyl sites for hydroxylation is 1. The number of nitrogens with one attached hydrogen (secondary N) is 1. The minimum atomic E-state index is -3.54. The number of anilines is 1. The average Bonchev–Trinajstić information content (AvgIpc) is 2.68. The SMILES string of the molecule is CCN(CC)S(=O)(=O)c1ccc(OCC(=O)Nc2ccccc2OC)c(C)c1. The topological polar surface area (TPSA) is 84.9 Å². The van der Waals surface area contributed by atoms with Gasteiger partial charge in [0, 0.05) is 13.1 Å². The monoisotopic (exact) mass is 406 g/mol. The Labute approximate surface area is 166 Å². The molecule has 28 heavy (non-hydrogen) atoms. The first kappa shape index (κ1) is 21.7. The molecule has 2 aromatic rings. The first-order valence-electron chi connectivity index (χ1n) is 8.99. The Balaban J connectivity index is 2.06. The smallest absolute Gasteiger partial charge is 0.262 e. The average molecular weight is 407 g/mol. The summed E-state index contributed by atoms with van der Waals surface area (Å²) >= 11 is 0. The van der Waals surface area contributed by atoms with Gasteiger partial charge in [0.05, 0.1) is 17.7 Å². The summed E-state index contributed by atoms with van der Waals surface area (Å²) in [6, 6.07) is 11.7. The van der Waals surface area contributed by atoms with Gasteiger partial charge in [0.1, 0.15) is 11.5 Å². The van der Waals surface area contributed by atoms with E-state index in [2.05, 4.69) is 5.32 Å². The van der Waals surface area contributed by atoms with Gasteiger partial charge < -0.3 is 14.8 Å². The van der Waals surface area contributed by atoms with Crippen LogP contribution in [-0.2, 0) is 14.8 Å². The standard InChI is InChI=1S/C20H26N2O5S/c1-5-22(6-2)28(24,25)16-11-12-18(15(3)13-16)27-14-20(23)21-17-9-7-8-10-19(17)26-4/h7-13H,5-6,14H2,1-4H3,(H,21,23). The number of benzene rings is 2. The highest BCUT2D eigenvalue weighted by Gasteiger charge is 2.22. The number of methoxy groups -OCH3 is 1. The number of ether oxygens (including phenoxy) is 2. The number of sulfonamides is 1. The van der Waals surface area contributed by atoms with Gasteiger partial charge in [-0.25, -0.2) is 8.42 Å². The molecule has 2 aromatic carbocycles. The van der Waals surface area contributed by atoms with Crippen LogP contribution in [0.2, 0.25) is 0 Å². The molecule has 7 nitrogen and oxygen atoms in total. The number of hydrogen-bond acceptors (Lipinski definition) is 5. The third-order valence-corrected chi connectivity index (χ3v) is 6.28. The molecular formula is C20H26N2O5S. The molecule has 1 N–H and O–H groups in total. The fourth-order valence-electron chi connectivity index (χ4n) is 2.73. The number of nitrogens with zero attached hydrogens (tertiary/aromatic N) is 1. The van der Waals surface area contributed by atoms with E-state index < -0.39 is 10.0 Å². The van der Waals surface area contributed by atoms with E-state index in [9.17, 15) is 13.2 Å². The second kappa shape index (κ2) is 9.57. The summed E-state index contributed by atoms with van der Waals surface area (Å²) < 4.78 is 37.3. The number of rotatable bonds is 9. The fourth-order valence-corrected chi connectivity index (χ4v) is 4.28. The van der Waals surface area contributed by atoms with Crippen molar-refractivity contribution in [1.29, 1.82) is 0 Å². The van der Waals surface area contributed by atoms with E-state index >= 15 is 0 Å². The Morgan fingerprint density at radius 2 is 1.75 bits per heavy atom. The molecule has 0 fully saturated rings. The van der Waals surface area contributed by atoms with E-state index in [1.807, 2.05) is 6.07 Å². The van der Waals surface area contributed by atoms with Gasteiger partial charge in [0.2, 0.25) is 10.0 Å². The van der Waals surface area contributed by atoms with Gasteiger partial charge in [-0.05, 0) is 42.8 Å². The van der Waals surface area contributed by atoms with Gasteiger partial charge in [0.25, 0.3) is 5.91 Å². The van der Waals surface area contributed by atoms with Gasteiger partial charge >= 0.3 is 0 Å². The predicted octanol–water partition coefficient (Wildman–Crippen LogP) is 3.05. The van der Waals surface area contributed by atoms with Crippen molar-refractivity contribution in [1.82, 2.24) is 4.31 Å². The molecule has 0 atom stereocenters. The number of amides is 1. The highest BCUT2D eigenvalue weighted by molar-refractivity contribution is 7.89. The molecule has 0 unspecified atom stereocenters. The van der Waals surface area contributed by atoms with Crippen LogP contribution in [0.5, 0.6) is 11.5 Å². The van der Waals surface area contributed by atoms with Crippen LogP contribution in [0, 0.1) is 6.92 Å². The zero-order valence-electron chi connectivity index (χ0n) is 16.6. The highest BCUT2D eigenvalue weighted by atomic mass is 32.2. The van der Waals surface area contributed by atoms with Crippen LogP contribution in [0.1, 0.15) is 19.4 Å². The lowest BCUT2D eigenvalue weighted by molar-refractivity contribution is -0.118. The second-order valence-electron chi connectivity index (χ2n) is 6.05. The van der Waals surface area contributed by atoms with Crippen molar-refractivity contribution in [2.75, 3.05) is 32.1 Å². The minimum absolute atomic E-state index is 0.207.